The fourth-order valence-corrected chi connectivity index (χ4v) is 3.59. The Kier molecular flexibility index (Phi) is 4.13. The van der Waals surface area contributed by atoms with Crippen molar-refractivity contribution in [2.24, 2.45) is 11.8 Å². The van der Waals surface area contributed by atoms with Crippen molar-refractivity contribution in [3.8, 4) is 0 Å². The Morgan fingerprint density at radius 2 is 1.85 bits per heavy atom. The Balaban J connectivity index is 1.26. The highest BCUT2D eigenvalue weighted by atomic mass is 16.2. The van der Waals surface area contributed by atoms with Gasteiger partial charge in [0.15, 0.2) is 0 Å². The number of fused-ring (bicyclic) bond motifs is 2. The van der Waals surface area contributed by atoms with Crippen LogP contribution in [0, 0.1) is 11.8 Å². The standard InChI is InChI=1S/C15H25N3O2/c19-14(12-3-1-4-12)16-7-2-8-17-15(20)18-10-11-5-6-13(18)9-11/h11-13H,1-10H2,(H,16,19)(H,17,20)/t11-,13-/m0/s1. The largest absolute Gasteiger partial charge is 0.356 e. The Bertz CT molecular complexity index is 381. The number of hydrogen-bond acceptors (Lipinski definition) is 2. The van der Waals surface area contributed by atoms with Crippen LogP contribution in [-0.4, -0.2) is 42.5 Å². The van der Waals surface area contributed by atoms with Crippen molar-refractivity contribution >= 4 is 11.9 Å². The minimum Gasteiger partial charge on any atom is -0.356 e. The molecule has 2 bridgehead atoms. The fraction of sp³-hybridized carbons (Fsp3) is 0.867. The van der Waals surface area contributed by atoms with Gasteiger partial charge in [-0.15, -0.1) is 0 Å². The predicted octanol–water partition coefficient (Wildman–Crippen LogP) is 1.49. The molecule has 3 aliphatic rings. The number of urea groups is 1. The van der Waals surface area contributed by atoms with Gasteiger partial charge in [-0.1, -0.05) is 6.42 Å². The first-order chi connectivity index (χ1) is 9.74. The van der Waals surface area contributed by atoms with Gasteiger partial charge in [-0.2, -0.15) is 0 Å². The second-order valence-electron chi connectivity index (χ2n) is 6.49. The zero-order valence-electron chi connectivity index (χ0n) is 12.1. The number of rotatable bonds is 5. The molecular weight excluding hydrogens is 254 g/mol. The van der Waals surface area contributed by atoms with Gasteiger partial charge in [0.2, 0.25) is 5.91 Å². The average Bonchev–Trinajstić information content (AvgIpc) is 2.98. The molecule has 2 aliphatic carbocycles. The maximum atomic E-state index is 12.0. The van der Waals surface area contributed by atoms with E-state index in [4.69, 9.17) is 0 Å². The maximum absolute atomic E-state index is 12.0. The molecule has 5 heteroatoms. The molecule has 2 atom stereocenters. The molecular formula is C15H25N3O2. The summed E-state index contributed by atoms with van der Waals surface area (Å²) in [5, 5.41) is 5.93. The van der Waals surface area contributed by atoms with Crippen molar-refractivity contribution in [3.05, 3.63) is 0 Å². The van der Waals surface area contributed by atoms with Crippen LogP contribution < -0.4 is 10.6 Å². The Morgan fingerprint density at radius 1 is 1.05 bits per heavy atom. The smallest absolute Gasteiger partial charge is 0.317 e. The van der Waals surface area contributed by atoms with Gasteiger partial charge < -0.3 is 15.5 Å². The molecule has 3 fully saturated rings. The van der Waals surface area contributed by atoms with Gasteiger partial charge in [-0.3, -0.25) is 4.79 Å². The number of nitrogens with one attached hydrogen (secondary N) is 2. The third kappa shape index (κ3) is 2.91. The molecule has 0 spiro atoms. The third-order valence-electron chi connectivity index (χ3n) is 5.08. The molecule has 3 rings (SSSR count). The van der Waals surface area contributed by atoms with Crippen LogP contribution in [-0.2, 0) is 4.79 Å². The first-order valence-electron chi connectivity index (χ1n) is 8.06. The summed E-state index contributed by atoms with van der Waals surface area (Å²) in [6.45, 7) is 2.26. The highest BCUT2D eigenvalue weighted by Crippen LogP contribution is 2.37. The van der Waals surface area contributed by atoms with Crippen molar-refractivity contribution < 1.29 is 9.59 Å². The fourth-order valence-electron chi connectivity index (χ4n) is 3.59. The monoisotopic (exact) mass is 279 g/mol. The average molecular weight is 279 g/mol. The van der Waals surface area contributed by atoms with Crippen LogP contribution in [0.4, 0.5) is 4.79 Å². The maximum Gasteiger partial charge on any atom is 0.317 e. The summed E-state index contributed by atoms with van der Waals surface area (Å²) >= 11 is 0. The van der Waals surface area contributed by atoms with E-state index in [0.29, 0.717) is 19.1 Å². The second kappa shape index (κ2) is 6.02. The zero-order chi connectivity index (χ0) is 13.9. The number of hydrogen-bond donors (Lipinski definition) is 2. The third-order valence-corrected chi connectivity index (χ3v) is 5.08. The van der Waals surface area contributed by atoms with E-state index in [9.17, 15) is 9.59 Å². The number of likely N-dealkylation sites (tertiary alicyclic amines) is 1. The topological polar surface area (TPSA) is 61.4 Å². The van der Waals surface area contributed by atoms with Gasteiger partial charge in [0, 0.05) is 31.6 Å². The molecule has 0 unspecified atom stereocenters. The lowest BCUT2D eigenvalue weighted by Gasteiger charge is -2.27. The molecule has 1 saturated heterocycles. The highest BCUT2D eigenvalue weighted by molar-refractivity contribution is 5.79. The minimum atomic E-state index is 0.0857. The van der Waals surface area contributed by atoms with Crippen LogP contribution in [0.25, 0.3) is 0 Å². The van der Waals surface area contributed by atoms with Gasteiger partial charge in [0.1, 0.15) is 0 Å². The second-order valence-corrected chi connectivity index (χ2v) is 6.49. The van der Waals surface area contributed by atoms with E-state index >= 15 is 0 Å². The van der Waals surface area contributed by atoms with Crippen LogP contribution in [0.15, 0.2) is 0 Å². The van der Waals surface area contributed by atoms with Gasteiger partial charge in [-0.05, 0) is 44.4 Å². The van der Waals surface area contributed by atoms with Crippen LogP contribution in [0.3, 0.4) is 0 Å². The molecule has 112 valence electrons. The Morgan fingerprint density at radius 3 is 2.45 bits per heavy atom. The molecule has 0 aromatic heterocycles. The van der Waals surface area contributed by atoms with E-state index in [2.05, 4.69) is 10.6 Å². The lowest BCUT2D eigenvalue weighted by Crippen LogP contribution is -2.45. The summed E-state index contributed by atoms with van der Waals surface area (Å²) in [4.78, 5) is 25.6. The summed E-state index contributed by atoms with van der Waals surface area (Å²) in [5.74, 6) is 1.19. The minimum absolute atomic E-state index is 0.0857. The molecule has 2 saturated carbocycles. The van der Waals surface area contributed by atoms with Crippen molar-refractivity contribution in [1.82, 2.24) is 15.5 Å². The van der Waals surface area contributed by atoms with E-state index in [0.717, 1.165) is 31.7 Å². The SMILES string of the molecule is O=C(NCCCNC(=O)N1C[C@H]2CC[C@H]1C2)C1CCC1. The van der Waals surface area contributed by atoms with E-state index < -0.39 is 0 Å². The van der Waals surface area contributed by atoms with E-state index in [1.54, 1.807) is 0 Å². The number of carbonyl (C=O) groups is 2. The van der Waals surface area contributed by atoms with Crippen LogP contribution in [0.1, 0.15) is 44.9 Å². The molecule has 3 amide bonds. The first-order valence-corrected chi connectivity index (χ1v) is 8.06. The van der Waals surface area contributed by atoms with Gasteiger partial charge in [-0.25, -0.2) is 4.79 Å². The molecule has 2 N–H and O–H groups in total. The number of amides is 3. The lowest BCUT2D eigenvalue weighted by atomic mass is 9.85. The quantitative estimate of drug-likeness (QED) is 0.749. The molecule has 0 radical (unpaired) electrons. The molecule has 5 nitrogen and oxygen atoms in total. The Hall–Kier alpha value is -1.26. The van der Waals surface area contributed by atoms with E-state index in [1.165, 1.54) is 25.7 Å². The molecule has 0 aromatic rings. The van der Waals surface area contributed by atoms with E-state index in [-0.39, 0.29) is 17.9 Å². The predicted molar refractivity (Wildman–Crippen MR) is 76.2 cm³/mol. The summed E-state index contributed by atoms with van der Waals surface area (Å²) in [6, 6.07) is 0.570. The lowest BCUT2D eigenvalue weighted by molar-refractivity contribution is -0.127. The molecule has 0 aromatic carbocycles. The number of piperidine rings is 1. The highest BCUT2D eigenvalue weighted by Gasteiger charge is 2.40. The van der Waals surface area contributed by atoms with Crippen molar-refractivity contribution in [2.45, 2.75) is 51.0 Å². The zero-order valence-corrected chi connectivity index (χ0v) is 12.1. The van der Waals surface area contributed by atoms with Crippen molar-refractivity contribution in [1.29, 1.82) is 0 Å². The summed E-state index contributed by atoms with van der Waals surface area (Å²) < 4.78 is 0. The van der Waals surface area contributed by atoms with Gasteiger partial charge >= 0.3 is 6.03 Å². The van der Waals surface area contributed by atoms with Crippen molar-refractivity contribution in [3.63, 3.8) is 0 Å². The van der Waals surface area contributed by atoms with E-state index in [1.807, 2.05) is 4.90 Å². The first kappa shape index (κ1) is 13.7. The molecule has 1 aliphatic heterocycles. The summed E-state index contributed by atoms with van der Waals surface area (Å²) in [5.41, 5.74) is 0. The normalized spacial score (nSPS) is 28.3. The summed E-state index contributed by atoms with van der Waals surface area (Å²) in [6.07, 6.45) is 7.75. The van der Waals surface area contributed by atoms with Gasteiger partial charge in [0.05, 0.1) is 0 Å². The van der Waals surface area contributed by atoms with Crippen molar-refractivity contribution in [2.75, 3.05) is 19.6 Å². The molecule has 20 heavy (non-hydrogen) atoms. The van der Waals surface area contributed by atoms with Gasteiger partial charge in [0.25, 0.3) is 0 Å². The number of carbonyl (C=O) groups excluding carboxylic acids is 2. The van der Waals surface area contributed by atoms with Crippen LogP contribution in [0.2, 0.25) is 0 Å². The Labute approximate surface area is 120 Å². The summed E-state index contributed by atoms with van der Waals surface area (Å²) in [7, 11) is 0. The van der Waals surface area contributed by atoms with Crippen LogP contribution >= 0.6 is 0 Å². The molecule has 1 heterocycles. The van der Waals surface area contributed by atoms with Crippen LogP contribution in [0.5, 0.6) is 0 Å². The number of nitrogens with zero attached hydrogens (tertiary/aromatic N) is 1.